The summed E-state index contributed by atoms with van der Waals surface area (Å²) in [5.74, 6) is 1.56. The Morgan fingerprint density at radius 2 is 1.90 bits per heavy atom. The maximum Gasteiger partial charge on any atom is 0.160 e. The Kier molecular flexibility index (Phi) is 7.16. The van der Waals surface area contributed by atoms with Crippen molar-refractivity contribution in [2.75, 3.05) is 20.8 Å². The minimum atomic E-state index is 0.422. The average molecular weight is 277 g/mol. The molecular formula is C17H27NO2. The minimum Gasteiger partial charge on any atom is -0.493 e. The van der Waals surface area contributed by atoms with Gasteiger partial charge in [0, 0.05) is 6.04 Å². The number of ether oxygens (including phenoxy) is 2. The molecule has 0 fully saturated rings. The van der Waals surface area contributed by atoms with Crippen LogP contribution in [-0.2, 0) is 6.42 Å². The lowest BCUT2D eigenvalue weighted by Crippen LogP contribution is -2.31. The van der Waals surface area contributed by atoms with Gasteiger partial charge in [-0.15, -0.1) is 0 Å². The summed E-state index contributed by atoms with van der Waals surface area (Å²) in [5.41, 5.74) is 2.54. The molecule has 1 rings (SSSR count). The van der Waals surface area contributed by atoms with E-state index in [0.717, 1.165) is 37.3 Å². The Bertz CT molecular complexity index is 429. The molecule has 0 aromatic heterocycles. The van der Waals surface area contributed by atoms with Crippen molar-refractivity contribution >= 4 is 0 Å². The van der Waals surface area contributed by atoms with Crippen molar-refractivity contribution in [1.82, 2.24) is 5.32 Å². The molecule has 0 amide bonds. The van der Waals surface area contributed by atoms with E-state index in [1.165, 1.54) is 11.1 Å². The van der Waals surface area contributed by atoms with Crippen molar-refractivity contribution in [1.29, 1.82) is 0 Å². The third kappa shape index (κ3) is 4.89. The Morgan fingerprint density at radius 1 is 1.20 bits per heavy atom. The summed E-state index contributed by atoms with van der Waals surface area (Å²) in [4.78, 5) is 0. The van der Waals surface area contributed by atoms with Crippen LogP contribution in [0.2, 0.25) is 0 Å². The lowest BCUT2D eigenvalue weighted by Gasteiger charge is -2.19. The van der Waals surface area contributed by atoms with Crippen molar-refractivity contribution in [3.05, 3.63) is 35.9 Å². The van der Waals surface area contributed by atoms with E-state index in [0.29, 0.717) is 6.04 Å². The first-order chi connectivity index (χ1) is 9.64. The maximum atomic E-state index is 5.36. The molecule has 3 heteroatoms. The number of hydrogen-bond donors (Lipinski definition) is 1. The summed E-state index contributed by atoms with van der Waals surface area (Å²) in [5, 5.41) is 3.53. The highest BCUT2D eigenvalue weighted by Crippen LogP contribution is 2.28. The minimum absolute atomic E-state index is 0.422. The molecule has 1 aromatic carbocycles. The van der Waals surface area contributed by atoms with Gasteiger partial charge in [-0.05, 0) is 43.5 Å². The van der Waals surface area contributed by atoms with Crippen LogP contribution in [0.3, 0.4) is 0 Å². The second-order valence-corrected chi connectivity index (χ2v) is 4.96. The van der Waals surface area contributed by atoms with Crippen LogP contribution in [0.4, 0.5) is 0 Å². The predicted octanol–water partition coefficient (Wildman–Crippen LogP) is 3.58. The quantitative estimate of drug-likeness (QED) is 0.700. The standard InChI is InChI=1S/C17H27NO2/c1-6-13(3)10-15(18-7-2)11-14-8-9-16(19-4)17(12-14)20-5/h8-9,12,15,18H,3,6-7,10-11H2,1-2,4-5H3. The van der Waals surface area contributed by atoms with Crippen LogP contribution in [0, 0.1) is 0 Å². The second kappa shape index (κ2) is 8.64. The van der Waals surface area contributed by atoms with Gasteiger partial charge in [-0.25, -0.2) is 0 Å². The molecule has 0 spiro atoms. The Balaban J connectivity index is 2.79. The van der Waals surface area contributed by atoms with Crippen molar-refractivity contribution in [2.24, 2.45) is 0 Å². The van der Waals surface area contributed by atoms with E-state index in [-0.39, 0.29) is 0 Å². The lowest BCUT2D eigenvalue weighted by atomic mass is 9.98. The summed E-state index contributed by atoms with van der Waals surface area (Å²) in [6.07, 6.45) is 3.01. The molecule has 0 aliphatic carbocycles. The Morgan fingerprint density at radius 3 is 2.45 bits per heavy atom. The van der Waals surface area contributed by atoms with Gasteiger partial charge in [0.15, 0.2) is 11.5 Å². The van der Waals surface area contributed by atoms with E-state index in [4.69, 9.17) is 9.47 Å². The summed E-state index contributed by atoms with van der Waals surface area (Å²) < 4.78 is 10.6. The molecule has 0 saturated heterocycles. The fourth-order valence-corrected chi connectivity index (χ4v) is 2.29. The van der Waals surface area contributed by atoms with Gasteiger partial charge < -0.3 is 14.8 Å². The van der Waals surface area contributed by atoms with E-state index < -0.39 is 0 Å². The molecule has 20 heavy (non-hydrogen) atoms. The number of likely N-dealkylation sites (N-methyl/N-ethyl adjacent to an activating group) is 1. The molecule has 3 nitrogen and oxygen atoms in total. The van der Waals surface area contributed by atoms with E-state index in [9.17, 15) is 0 Å². The monoisotopic (exact) mass is 277 g/mol. The number of rotatable bonds is 9. The lowest BCUT2D eigenvalue weighted by molar-refractivity contribution is 0.354. The van der Waals surface area contributed by atoms with Crippen LogP contribution in [0.5, 0.6) is 11.5 Å². The van der Waals surface area contributed by atoms with Gasteiger partial charge >= 0.3 is 0 Å². The zero-order valence-electron chi connectivity index (χ0n) is 13.2. The molecule has 0 bridgehead atoms. The van der Waals surface area contributed by atoms with Crippen LogP contribution in [0.1, 0.15) is 32.3 Å². The molecule has 1 N–H and O–H groups in total. The highest BCUT2D eigenvalue weighted by atomic mass is 16.5. The molecule has 0 aliphatic heterocycles. The molecule has 0 heterocycles. The van der Waals surface area contributed by atoms with Gasteiger partial charge in [0.25, 0.3) is 0 Å². The maximum absolute atomic E-state index is 5.36. The summed E-state index contributed by atoms with van der Waals surface area (Å²) in [6, 6.07) is 6.54. The van der Waals surface area contributed by atoms with Crippen LogP contribution in [-0.4, -0.2) is 26.8 Å². The summed E-state index contributed by atoms with van der Waals surface area (Å²) in [6.45, 7) is 9.37. The number of methoxy groups -OCH3 is 2. The smallest absolute Gasteiger partial charge is 0.160 e. The molecule has 1 aromatic rings. The van der Waals surface area contributed by atoms with Crippen molar-refractivity contribution in [2.45, 2.75) is 39.2 Å². The zero-order valence-corrected chi connectivity index (χ0v) is 13.2. The first-order valence-corrected chi connectivity index (χ1v) is 7.25. The van der Waals surface area contributed by atoms with Gasteiger partial charge in [0.1, 0.15) is 0 Å². The number of nitrogens with one attached hydrogen (secondary N) is 1. The van der Waals surface area contributed by atoms with Crippen LogP contribution < -0.4 is 14.8 Å². The fraction of sp³-hybridized carbons (Fsp3) is 0.529. The first-order valence-electron chi connectivity index (χ1n) is 7.25. The molecule has 0 radical (unpaired) electrons. The number of hydrogen-bond acceptors (Lipinski definition) is 3. The normalized spacial score (nSPS) is 12.0. The largest absolute Gasteiger partial charge is 0.493 e. The molecule has 0 aliphatic rings. The van der Waals surface area contributed by atoms with Gasteiger partial charge in [-0.3, -0.25) is 0 Å². The van der Waals surface area contributed by atoms with Gasteiger partial charge in [-0.1, -0.05) is 32.1 Å². The SMILES string of the molecule is C=C(CC)CC(Cc1ccc(OC)c(OC)c1)NCC. The van der Waals surface area contributed by atoms with Crippen molar-refractivity contribution in [3.8, 4) is 11.5 Å². The molecular weight excluding hydrogens is 250 g/mol. The number of benzene rings is 1. The van der Waals surface area contributed by atoms with Crippen LogP contribution in [0.15, 0.2) is 30.4 Å². The summed E-state index contributed by atoms with van der Waals surface area (Å²) >= 11 is 0. The van der Waals surface area contributed by atoms with Crippen LogP contribution >= 0.6 is 0 Å². The average Bonchev–Trinajstić information content (AvgIpc) is 2.47. The van der Waals surface area contributed by atoms with Crippen molar-refractivity contribution in [3.63, 3.8) is 0 Å². The first kappa shape index (κ1) is 16.6. The second-order valence-electron chi connectivity index (χ2n) is 4.96. The van der Waals surface area contributed by atoms with Crippen LogP contribution in [0.25, 0.3) is 0 Å². The fourth-order valence-electron chi connectivity index (χ4n) is 2.29. The molecule has 0 saturated carbocycles. The Labute approximate surface area is 123 Å². The van der Waals surface area contributed by atoms with Crippen molar-refractivity contribution < 1.29 is 9.47 Å². The molecule has 112 valence electrons. The van der Waals surface area contributed by atoms with Gasteiger partial charge in [0.2, 0.25) is 0 Å². The highest BCUT2D eigenvalue weighted by Gasteiger charge is 2.12. The Hall–Kier alpha value is -1.48. The third-order valence-corrected chi connectivity index (χ3v) is 3.46. The topological polar surface area (TPSA) is 30.5 Å². The van der Waals surface area contributed by atoms with E-state index in [2.05, 4.69) is 37.9 Å². The van der Waals surface area contributed by atoms with E-state index in [1.807, 2.05) is 6.07 Å². The van der Waals surface area contributed by atoms with E-state index in [1.54, 1.807) is 14.2 Å². The highest BCUT2D eigenvalue weighted by molar-refractivity contribution is 5.43. The molecule has 1 unspecified atom stereocenters. The zero-order chi connectivity index (χ0) is 15.0. The predicted molar refractivity (Wildman–Crippen MR) is 84.8 cm³/mol. The summed E-state index contributed by atoms with van der Waals surface area (Å²) in [7, 11) is 3.33. The molecule has 1 atom stereocenters. The van der Waals surface area contributed by atoms with E-state index >= 15 is 0 Å². The van der Waals surface area contributed by atoms with Gasteiger partial charge in [0.05, 0.1) is 14.2 Å². The third-order valence-electron chi connectivity index (χ3n) is 3.46. The van der Waals surface area contributed by atoms with Gasteiger partial charge in [-0.2, -0.15) is 0 Å².